The Hall–Kier alpha value is -3.43. The van der Waals surface area contributed by atoms with Crippen molar-refractivity contribution in [3.63, 3.8) is 0 Å². The molecule has 14 nitrogen and oxygen atoms in total. The average Bonchev–Trinajstić information content (AvgIpc) is 3.09. The highest BCUT2D eigenvalue weighted by atomic mass is 35.5. The van der Waals surface area contributed by atoms with E-state index in [1.54, 1.807) is 0 Å². The molecule has 0 amide bonds. The van der Waals surface area contributed by atoms with Crippen molar-refractivity contribution in [3.8, 4) is 0 Å². The standard InChI is InChI=1S/C52H89ClN8O6/c1-47(2,3)35-59-26-25-57(32-42(62)65-50(10,11)12)23-24-58(33-43(63)66-51(13,14)15)27-28-60(34-44(64)67-52(16,17)18)40(31-59)29-38-19-21-39(22-20-38)30-41-54-45(53)56-46(55-41)61(36-48(4,5)6)37-49(7,8)9/h19-22,40H,23-37H2,1-18H3. The van der Waals surface area contributed by atoms with Crippen molar-refractivity contribution in [2.45, 2.75) is 160 Å². The van der Waals surface area contributed by atoms with Gasteiger partial charge in [-0.2, -0.15) is 9.97 Å². The molecule has 0 saturated carbocycles. The maximum atomic E-state index is 13.8. The molecule has 1 aromatic heterocycles. The molecule has 0 bridgehead atoms. The van der Waals surface area contributed by atoms with Gasteiger partial charge in [0.2, 0.25) is 11.2 Å². The fourth-order valence-electron chi connectivity index (χ4n) is 8.12. The van der Waals surface area contributed by atoms with Crippen LogP contribution in [0, 0.1) is 16.2 Å². The maximum absolute atomic E-state index is 13.8. The lowest BCUT2D eigenvalue weighted by Gasteiger charge is -2.40. The van der Waals surface area contributed by atoms with E-state index in [0.29, 0.717) is 70.4 Å². The van der Waals surface area contributed by atoms with Gasteiger partial charge in [0.25, 0.3) is 0 Å². The number of carbonyl (C=O) groups excluding carboxylic acids is 3. The maximum Gasteiger partial charge on any atom is 0.320 e. The van der Waals surface area contributed by atoms with Gasteiger partial charge in [0.05, 0.1) is 19.6 Å². The molecule has 0 spiro atoms. The van der Waals surface area contributed by atoms with E-state index >= 15 is 0 Å². The summed E-state index contributed by atoms with van der Waals surface area (Å²) in [4.78, 5) is 65.6. The summed E-state index contributed by atoms with van der Waals surface area (Å²) in [6.45, 7) is 43.4. The number of anilines is 1. The molecule has 1 aromatic carbocycles. The predicted octanol–water partition coefficient (Wildman–Crippen LogP) is 8.22. The first-order chi connectivity index (χ1) is 30.5. The van der Waals surface area contributed by atoms with E-state index in [9.17, 15) is 14.4 Å². The minimum Gasteiger partial charge on any atom is -0.459 e. The predicted molar refractivity (Wildman–Crippen MR) is 271 cm³/mol. The summed E-state index contributed by atoms with van der Waals surface area (Å²) in [5.41, 5.74) is 0.228. The smallest absolute Gasteiger partial charge is 0.320 e. The third-order valence-corrected chi connectivity index (χ3v) is 10.4. The molecule has 0 radical (unpaired) electrons. The van der Waals surface area contributed by atoms with Crippen LogP contribution < -0.4 is 4.90 Å². The molecule has 1 aliphatic heterocycles. The second-order valence-electron chi connectivity index (χ2n) is 25.2. The zero-order valence-electron chi connectivity index (χ0n) is 44.9. The summed E-state index contributed by atoms with van der Waals surface area (Å²) in [6.07, 6.45) is 1.13. The average molecular weight is 958 g/mol. The Bertz CT molecular complexity index is 1870. The van der Waals surface area contributed by atoms with Gasteiger partial charge in [-0.15, -0.1) is 0 Å². The number of rotatable bonds is 14. The monoisotopic (exact) mass is 957 g/mol. The normalized spacial score (nSPS) is 17.6. The van der Waals surface area contributed by atoms with Gasteiger partial charge in [-0.1, -0.05) is 86.6 Å². The van der Waals surface area contributed by atoms with E-state index in [1.807, 2.05) is 62.3 Å². The Morgan fingerprint density at radius 2 is 0.985 bits per heavy atom. The van der Waals surface area contributed by atoms with Crippen molar-refractivity contribution >= 4 is 35.5 Å². The SMILES string of the molecule is CC(C)(C)CN1CCN(CC(=O)OC(C)(C)C)CCN(CC(=O)OC(C)(C)C)CCN(CC(=O)OC(C)(C)C)C(Cc2ccc(Cc3nc(Cl)nc(N(CC(C)(C)C)CC(C)(C)C)n3)cc2)C1. The highest BCUT2D eigenvalue weighted by Crippen LogP contribution is 2.26. The Morgan fingerprint density at radius 1 is 0.567 bits per heavy atom. The summed E-state index contributed by atoms with van der Waals surface area (Å²) in [7, 11) is 0. The molecule has 15 heteroatoms. The van der Waals surface area contributed by atoms with Gasteiger partial charge in [0.15, 0.2) is 0 Å². The minimum absolute atomic E-state index is 0.0154. The first-order valence-corrected chi connectivity index (χ1v) is 24.7. The second kappa shape index (κ2) is 23.9. The van der Waals surface area contributed by atoms with Crippen molar-refractivity contribution in [3.05, 3.63) is 46.5 Å². The van der Waals surface area contributed by atoms with Crippen molar-refractivity contribution in [2.75, 3.05) is 90.0 Å². The Kier molecular flexibility index (Phi) is 20.7. The lowest BCUT2D eigenvalue weighted by atomic mass is 9.92. The summed E-state index contributed by atoms with van der Waals surface area (Å²) in [5.74, 6) is 0.276. The Balaban J connectivity index is 2.06. The number of benzene rings is 1. The minimum atomic E-state index is -0.658. The fraction of sp³-hybridized carbons (Fsp3) is 0.769. The topological polar surface area (TPSA) is 134 Å². The van der Waals surface area contributed by atoms with Crippen LogP contribution in [0.15, 0.2) is 24.3 Å². The summed E-state index contributed by atoms with van der Waals surface area (Å²) in [5, 5.41) is 0.175. The van der Waals surface area contributed by atoms with E-state index < -0.39 is 16.8 Å². The van der Waals surface area contributed by atoms with E-state index in [2.05, 4.69) is 121 Å². The van der Waals surface area contributed by atoms with Crippen LogP contribution in [0.4, 0.5) is 5.95 Å². The molecule has 1 fully saturated rings. The van der Waals surface area contributed by atoms with Crippen LogP contribution >= 0.6 is 11.6 Å². The lowest BCUT2D eigenvalue weighted by Crippen LogP contribution is -2.54. The first-order valence-electron chi connectivity index (χ1n) is 24.3. The van der Waals surface area contributed by atoms with Crippen LogP contribution in [0.5, 0.6) is 0 Å². The third-order valence-electron chi connectivity index (χ3n) is 10.3. The van der Waals surface area contributed by atoms with Crippen molar-refractivity contribution in [1.82, 2.24) is 34.6 Å². The van der Waals surface area contributed by atoms with Crippen LogP contribution in [0.1, 0.15) is 142 Å². The number of carbonyl (C=O) groups is 3. The lowest BCUT2D eigenvalue weighted by molar-refractivity contribution is -0.159. The van der Waals surface area contributed by atoms with Crippen molar-refractivity contribution < 1.29 is 28.6 Å². The first kappa shape index (κ1) is 57.9. The number of aromatic nitrogens is 3. The summed E-state index contributed by atoms with van der Waals surface area (Å²) < 4.78 is 17.5. The van der Waals surface area contributed by atoms with Gasteiger partial charge in [-0.25, -0.2) is 4.98 Å². The zero-order valence-corrected chi connectivity index (χ0v) is 45.7. The number of esters is 3. The quantitative estimate of drug-likeness (QED) is 0.133. The van der Waals surface area contributed by atoms with E-state index in [1.165, 1.54) is 0 Å². The van der Waals surface area contributed by atoms with Gasteiger partial charge >= 0.3 is 17.9 Å². The number of hydrogen-bond donors (Lipinski definition) is 0. The molecule has 1 aliphatic rings. The van der Waals surface area contributed by atoms with Crippen molar-refractivity contribution in [1.29, 1.82) is 0 Å². The number of hydrogen-bond acceptors (Lipinski definition) is 14. The number of nitrogens with zero attached hydrogens (tertiary/aromatic N) is 8. The van der Waals surface area contributed by atoms with Crippen LogP contribution in [0.25, 0.3) is 0 Å². The van der Waals surface area contributed by atoms with Crippen LogP contribution in [0.3, 0.4) is 0 Å². The summed E-state index contributed by atoms with van der Waals surface area (Å²) in [6, 6.07) is 8.42. The molecule has 1 unspecified atom stereocenters. The Morgan fingerprint density at radius 3 is 1.42 bits per heavy atom. The highest BCUT2D eigenvalue weighted by molar-refractivity contribution is 6.28. The van der Waals surface area contributed by atoms with Gasteiger partial charge in [0.1, 0.15) is 22.6 Å². The second-order valence-corrected chi connectivity index (χ2v) is 25.6. The van der Waals surface area contributed by atoms with E-state index in [-0.39, 0.29) is 65.1 Å². The molecule has 0 N–H and O–H groups in total. The molecule has 1 atom stereocenters. The molecule has 1 saturated heterocycles. The number of halogens is 1. The van der Waals surface area contributed by atoms with E-state index in [0.717, 1.165) is 30.8 Å². The van der Waals surface area contributed by atoms with Gasteiger partial charge in [-0.3, -0.25) is 34.0 Å². The largest absolute Gasteiger partial charge is 0.459 e. The summed E-state index contributed by atoms with van der Waals surface area (Å²) >= 11 is 6.57. The fourth-order valence-corrected chi connectivity index (χ4v) is 8.29. The van der Waals surface area contributed by atoms with Crippen molar-refractivity contribution in [2.24, 2.45) is 16.2 Å². The van der Waals surface area contributed by atoms with Crippen LogP contribution in [-0.4, -0.2) is 160 Å². The molecule has 2 aromatic rings. The van der Waals surface area contributed by atoms with Gasteiger partial charge in [0, 0.05) is 77.9 Å². The molecule has 67 heavy (non-hydrogen) atoms. The van der Waals surface area contributed by atoms with E-state index in [4.69, 9.17) is 30.8 Å². The van der Waals surface area contributed by atoms with Crippen LogP contribution in [0.2, 0.25) is 5.28 Å². The number of ether oxygens (including phenoxy) is 3. The zero-order chi connectivity index (χ0) is 50.8. The Labute approximate surface area is 410 Å². The van der Waals surface area contributed by atoms with Gasteiger partial charge in [-0.05, 0) is 108 Å². The molecular formula is C52H89ClN8O6. The molecule has 0 aliphatic carbocycles. The van der Waals surface area contributed by atoms with Crippen LogP contribution in [-0.2, 0) is 41.4 Å². The third kappa shape index (κ3) is 25.1. The van der Waals surface area contributed by atoms with Gasteiger partial charge < -0.3 is 19.1 Å². The molecule has 2 heterocycles. The molecule has 380 valence electrons. The molecular weight excluding hydrogens is 868 g/mol. The molecule has 3 rings (SSSR count). The highest BCUT2D eigenvalue weighted by Gasteiger charge is 2.31.